The zero-order valence-corrected chi connectivity index (χ0v) is 20.6. The monoisotopic (exact) mass is 487 g/mol. The first-order valence-corrected chi connectivity index (χ1v) is 11.8. The third-order valence-corrected chi connectivity index (χ3v) is 6.26. The predicted octanol–water partition coefficient (Wildman–Crippen LogP) is 3.07. The quantitative estimate of drug-likeness (QED) is 0.403. The van der Waals surface area contributed by atoms with Gasteiger partial charge in [-0.25, -0.2) is 14.5 Å². The molecule has 1 saturated heterocycles. The topological polar surface area (TPSA) is 114 Å². The van der Waals surface area contributed by atoms with Crippen molar-refractivity contribution in [2.24, 2.45) is 0 Å². The molecule has 1 aliphatic rings. The lowest BCUT2D eigenvalue weighted by Gasteiger charge is -2.18. The highest BCUT2D eigenvalue weighted by atomic mass is 16.5. The number of aromatic nitrogens is 5. The number of hydrogen-bond donors (Lipinski definition) is 1. The summed E-state index contributed by atoms with van der Waals surface area (Å²) >= 11 is 0. The van der Waals surface area contributed by atoms with E-state index >= 15 is 0 Å². The number of nitriles is 1. The SMILES string of the molecule is COc1ccc(CN2CC[C@H](n3cnc(-c4cc(OCC(C)(C)O)cn5ncc(C#N)c45)c3)C2)cn1. The van der Waals surface area contributed by atoms with Crippen LogP contribution in [0.2, 0.25) is 0 Å². The van der Waals surface area contributed by atoms with Gasteiger partial charge in [-0.2, -0.15) is 10.4 Å². The molecule has 0 unspecified atom stereocenters. The van der Waals surface area contributed by atoms with Crippen LogP contribution in [-0.2, 0) is 6.54 Å². The minimum Gasteiger partial charge on any atom is -0.489 e. The van der Waals surface area contributed by atoms with Gasteiger partial charge in [0.15, 0.2) is 0 Å². The van der Waals surface area contributed by atoms with Crippen molar-refractivity contribution in [3.8, 4) is 29.0 Å². The molecule has 0 spiro atoms. The van der Waals surface area contributed by atoms with Gasteiger partial charge in [0.05, 0.1) is 48.2 Å². The van der Waals surface area contributed by atoms with Crippen molar-refractivity contribution in [1.82, 2.24) is 29.0 Å². The number of likely N-dealkylation sites (tertiary alicyclic amines) is 1. The third-order valence-electron chi connectivity index (χ3n) is 6.26. The maximum atomic E-state index is 10.1. The highest BCUT2D eigenvalue weighted by Crippen LogP contribution is 2.32. The number of nitrogens with zero attached hydrogens (tertiary/aromatic N) is 7. The zero-order chi connectivity index (χ0) is 25.3. The Kier molecular flexibility index (Phi) is 6.35. The molecule has 5 heterocycles. The van der Waals surface area contributed by atoms with E-state index in [1.54, 1.807) is 37.9 Å². The fourth-order valence-corrected chi connectivity index (χ4v) is 4.47. The van der Waals surface area contributed by atoms with Gasteiger partial charge in [0.2, 0.25) is 5.88 Å². The average Bonchev–Trinajstić information content (AvgIpc) is 3.61. The van der Waals surface area contributed by atoms with Crippen molar-refractivity contribution in [2.45, 2.75) is 38.5 Å². The van der Waals surface area contributed by atoms with E-state index in [1.807, 2.05) is 36.9 Å². The Bertz CT molecular complexity index is 1400. The van der Waals surface area contributed by atoms with Crippen LogP contribution in [0, 0.1) is 11.3 Å². The zero-order valence-electron chi connectivity index (χ0n) is 20.6. The molecule has 1 atom stereocenters. The Morgan fingerprint density at radius 1 is 1.22 bits per heavy atom. The molecular weight excluding hydrogens is 458 g/mol. The normalized spacial score (nSPS) is 16.4. The molecule has 1 fully saturated rings. The molecule has 0 saturated carbocycles. The van der Waals surface area contributed by atoms with Gasteiger partial charge in [-0.05, 0) is 31.9 Å². The molecule has 4 aromatic heterocycles. The van der Waals surface area contributed by atoms with E-state index in [2.05, 4.69) is 30.6 Å². The highest BCUT2D eigenvalue weighted by Gasteiger charge is 2.25. The first-order valence-electron chi connectivity index (χ1n) is 11.8. The molecule has 0 amide bonds. The smallest absolute Gasteiger partial charge is 0.212 e. The molecule has 1 aliphatic heterocycles. The lowest BCUT2D eigenvalue weighted by atomic mass is 10.1. The van der Waals surface area contributed by atoms with E-state index < -0.39 is 5.60 Å². The van der Waals surface area contributed by atoms with Gasteiger partial charge < -0.3 is 19.1 Å². The van der Waals surface area contributed by atoms with Crippen LogP contribution in [0.3, 0.4) is 0 Å². The van der Waals surface area contributed by atoms with Crippen LogP contribution in [0.1, 0.15) is 37.4 Å². The largest absolute Gasteiger partial charge is 0.489 e. The number of methoxy groups -OCH3 is 1. The summed E-state index contributed by atoms with van der Waals surface area (Å²) < 4.78 is 14.8. The van der Waals surface area contributed by atoms with Crippen LogP contribution < -0.4 is 9.47 Å². The van der Waals surface area contributed by atoms with E-state index in [9.17, 15) is 10.4 Å². The number of fused-ring (bicyclic) bond motifs is 1. The van der Waals surface area contributed by atoms with Gasteiger partial charge in [0, 0.05) is 49.7 Å². The lowest BCUT2D eigenvalue weighted by molar-refractivity contribution is 0.0283. The summed E-state index contributed by atoms with van der Waals surface area (Å²) in [7, 11) is 1.62. The molecule has 1 N–H and O–H groups in total. The summed E-state index contributed by atoms with van der Waals surface area (Å²) in [6.45, 7) is 6.22. The second-order valence-corrected chi connectivity index (χ2v) is 9.75. The maximum Gasteiger partial charge on any atom is 0.212 e. The van der Waals surface area contributed by atoms with Gasteiger partial charge in [-0.15, -0.1) is 0 Å². The van der Waals surface area contributed by atoms with Crippen LogP contribution in [-0.4, -0.2) is 66.6 Å². The molecule has 0 bridgehead atoms. The molecule has 186 valence electrons. The summed E-state index contributed by atoms with van der Waals surface area (Å²) in [4.78, 5) is 11.4. The van der Waals surface area contributed by atoms with Crippen molar-refractivity contribution in [3.05, 3.63) is 60.4 Å². The minimum absolute atomic E-state index is 0.125. The number of ether oxygens (including phenoxy) is 2. The molecule has 0 aromatic carbocycles. The Morgan fingerprint density at radius 3 is 2.81 bits per heavy atom. The molecule has 4 aromatic rings. The van der Waals surface area contributed by atoms with Crippen molar-refractivity contribution in [2.75, 3.05) is 26.8 Å². The third kappa shape index (κ3) is 5.03. The fraction of sp³-hybridized carbons (Fsp3) is 0.385. The van der Waals surface area contributed by atoms with E-state index in [0.717, 1.165) is 42.9 Å². The molecule has 0 aliphatic carbocycles. The standard InChI is InChI=1S/C26H29N7O3/c1-26(2,34)16-36-21-8-22(25-19(9-27)11-30-33(25)14-21)23-15-32(17-29-23)20-6-7-31(13-20)12-18-4-5-24(35-3)28-10-18/h4-5,8,10-11,14-15,17,20,34H,6-7,12-13,16H2,1-3H3/t20-/m0/s1. The first kappa shape index (κ1) is 23.8. The molecule has 10 nitrogen and oxygen atoms in total. The summed E-state index contributed by atoms with van der Waals surface area (Å²) in [6, 6.07) is 8.30. The number of aliphatic hydroxyl groups is 1. The van der Waals surface area contributed by atoms with Crippen LogP contribution in [0.25, 0.3) is 16.8 Å². The summed E-state index contributed by atoms with van der Waals surface area (Å²) in [6.07, 6.45) is 10.00. The number of rotatable bonds is 8. The minimum atomic E-state index is -0.977. The van der Waals surface area contributed by atoms with Crippen LogP contribution >= 0.6 is 0 Å². The van der Waals surface area contributed by atoms with Crippen molar-refractivity contribution >= 4 is 5.52 Å². The second kappa shape index (κ2) is 9.60. The number of pyridine rings is 2. The van der Waals surface area contributed by atoms with Gasteiger partial charge in [-0.1, -0.05) is 6.07 Å². The van der Waals surface area contributed by atoms with Gasteiger partial charge in [0.25, 0.3) is 0 Å². The maximum absolute atomic E-state index is 10.1. The van der Waals surface area contributed by atoms with Crippen LogP contribution in [0.4, 0.5) is 0 Å². The molecule has 0 radical (unpaired) electrons. The number of imidazole rings is 1. The Labute approximate surface area is 209 Å². The Hall–Kier alpha value is -3.94. The van der Waals surface area contributed by atoms with Gasteiger partial charge >= 0.3 is 0 Å². The van der Waals surface area contributed by atoms with Gasteiger partial charge in [-0.3, -0.25) is 4.90 Å². The van der Waals surface area contributed by atoms with Gasteiger partial charge in [0.1, 0.15) is 18.4 Å². The van der Waals surface area contributed by atoms with E-state index in [0.29, 0.717) is 28.8 Å². The van der Waals surface area contributed by atoms with Crippen LogP contribution in [0.15, 0.2) is 49.3 Å². The van der Waals surface area contributed by atoms with Crippen molar-refractivity contribution in [3.63, 3.8) is 0 Å². The van der Waals surface area contributed by atoms with E-state index in [4.69, 9.17) is 9.47 Å². The summed E-state index contributed by atoms with van der Waals surface area (Å²) in [5.41, 5.74) is 2.82. The van der Waals surface area contributed by atoms with E-state index in [1.165, 1.54) is 0 Å². The molecule has 5 rings (SSSR count). The summed E-state index contributed by atoms with van der Waals surface area (Å²) in [5.74, 6) is 1.16. The van der Waals surface area contributed by atoms with Crippen molar-refractivity contribution < 1.29 is 14.6 Å². The first-order chi connectivity index (χ1) is 17.3. The van der Waals surface area contributed by atoms with Crippen molar-refractivity contribution in [1.29, 1.82) is 5.26 Å². The Morgan fingerprint density at radius 2 is 2.08 bits per heavy atom. The predicted molar refractivity (Wildman–Crippen MR) is 133 cm³/mol. The Balaban J connectivity index is 1.37. The average molecular weight is 488 g/mol. The molecule has 10 heteroatoms. The fourth-order valence-electron chi connectivity index (χ4n) is 4.47. The second-order valence-electron chi connectivity index (χ2n) is 9.75. The van der Waals surface area contributed by atoms with E-state index in [-0.39, 0.29) is 6.61 Å². The number of hydrogen-bond acceptors (Lipinski definition) is 8. The summed E-state index contributed by atoms with van der Waals surface area (Å²) in [5, 5.41) is 24.0. The lowest BCUT2D eigenvalue weighted by Crippen LogP contribution is -2.27. The highest BCUT2D eigenvalue weighted by molar-refractivity contribution is 5.83. The van der Waals surface area contributed by atoms with Crippen LogP contribution in [0.5, 0.6) is 11.6 Å². The molecule has 36 heavy (non-hydrogen) atoms. The molecular formula is C26H29N7O3.